The number of likely N-dealkylation sites (tertiary alicyclic amines) is 1. The number of carbonyl (C=O) groups excluding carboxylic acids is 3. The number of anilines is 1. The molecule has 3 aromatic rings. The Hall–Kier alpha value is -4.20. The van der Waals surface area contributed by atoms with Gasteiger partial charge in [-0.1, -0.05) is 48.5 Å². The van der Waals surface area contributed by atoms with Crippen molar-refractivity contribution in [1.82, 2.24) is 15.1 Å². The average molecular weight is 515 g/mol. The molecule has 38 heavy (non-hydrogen) atoms. The maximum Gasteiger partial charge on any atom is 0.253 e. The minimum Gasteiger partial charge on any atom is -0.354 e. The van der Waals surface area contributed by atoms with Gasteiger partial charge in [0.15, 0.2) is 0 Å². The normalized spacial score (nSPS) is 16.7. The molecule has 3 amide bonds. The summed E-state index contributed by atoms with van der Waals surface area (Å²) in [6.45, 7) is 1.57. The number of piperidine rings is 1. The van der Waals surface area contributed by atoms with Crippen LogP contribution < -0.4 is 10.2 Å². The predicted octanol–water partition coefficient (Wildman–Crippen LogP) is 3.47. The van der Waals surface area contributed by atoms with Crippen molar-refractivity contribution in [3.8, 4) is 0 Å². The number of nitrogens with one attached hydrogen (secondary N) is 1. The van der Waals surface area contributed by atoms with Crippen LogP contribution in [0.4, 0.5) is 10.1 Å². The van der Waals surface area contributed by atoms with Crippen LogP contribution in [0.25, 0.3) is 0 Å². The highest BCUT2D eigenvalue weighted by Gasteiger charge is 2.54. The fourth-order valence-electron chi connectivity index (χ4n) is 5.40. The third-order valence-corrected chi connectivity index (χ3v) is 7.46. The molecule has 8 heteroatoms. The Morgan fingerprint density at radius 3 is 2.16 bits per heavy atom. The minimum absolute atomic E-state index is 0.0169. The summed E-state index contributed by atoms with van der Waals surface area (Å²) in [5.41, 5.74) is 1.65. The third-order valence-electron chi connectivity index (χ3n) is 7.46. The molecule has 0 radical (unpaired) electrons. The second kappa shape index (κ2) is 11.0. The molecule has 2 fully saturated rings. The summed E-state index contributed by atoms with van der Waals surface area (Å²) >= 11 is 0. The maximum atomic E-state index is 13.8. The Balaban J connectivity index is 1.27. The lowest BCUT2D eigenvalue weighted by atomic mass is 9.85. The maximum absolute atomic E-state index is 13.8. The Kier molecular flexibility index (Phi) is 7.40. The van der Waals surface area contributed by atoms with Crippen molar-refractivity contribution in [3.05, 3.63) is 102 Å². The number of para-hydroxylation sites is 1. The predicted molar refractivity (Wildman–Crippen MR) is 143 cm³/mol. The van der Waals surface area contributed by atoms with E-state index in [4.69, 9.17) is 0 Å². The van der Waals surface area contributed by atoms with Crippen molar-refractivity contribution in [2.24, 2.45) is 0 Å². The summed E-state index contributed by atoms with van der Waals surface area (Å²) in [6.07, 6.45) is 1.61. The van der Waals surface area contributed by atoms with Crippen LogP contribution in [-0.4, -0.2) is 65.9 Å². The molecule has 5 rings (SSSR count). The minimum atomic E-state index is -0.828. The van der Waals surface area contributed by atoms with Crippen LogP contribution in [0.15, 0.2) is 84.9 Å². The summed E-state index contributed by atoms with van der Waals surface area (Å²) in [6, 6.07) is 25.2. The van der Waals surface area contributed by atoms with Crippen LogP contribution in [-0.2, 0) is 16.0 Å². The number of rotatable bonds is 7. The van der Waals surface area contributed by atoms with E-state index in [0.717, 1.165) is 17.7 Å². The lowest BCUT2D eigenvalue weighted by Crippen LogP contribution is -2.57. The molecule has 1 spiro atoms. The van der Waals surface area contributed by atoms with E-state index in [1.165, 1.54) is 24.3 Å². The van der Waals surface area contributed by atoms with Gasteiger partial charge in [-0.2, -0.15) is 0 Å². The highest BCUT2D eigenvalue weighted by atomic mass is 19.1. The first kappa shape index (κ1) is 25.4. The molecule has 0 saturated carbocycles. The Morgan fingerprint density at radius 2 is 1.50 bits per heavy atom. The zero-order chi connectivity index (χ0) is 26.5. The molecule has 2 heterocycles. The summed E-state index contributed by atoms with van der Waals surface area (Å²) in [5, 5.41) is 2.94. The van der Waals surface area contributed by atoms with Gasteiger partial charge in [0.05, 0.1) is 6.67 Å². The van der Waals surface area contributed by atoms with Crippen LogP contribution in [0.1, 0.15) is 28.8 Å². The van der Waals surface area contributed by atoms with E-state index in [-0.39, 0.29) is 24.3 Å². The summed E-state index contributed by atoms with van der Waals surface area (Å²) < 4.78 is 13.3. The summed E-state index contributed by atoms with van der Waals surface area (Å²) in [7, 11) is 0. The van der Waals surface area contributed by atoms with Gasteiger partial charge >= 0.3 is 0 Å². The van der Waals surface area contributed by atoms with Gasteiger partial charge in [-0.3, -0.25) is 14.4 Å². The fraction of sp³-hybridized carbons (Fsp3) is 0.300. The highest BCUT2D eigenvalue weighted by molar-refractivity contribution is 5.97. The second-order valence-electron chi connectivity index (χ2n) is 9.82. The molecule has 196 valence electrons. The Morgan fingerprint density at radius 1 is 0.868 bits per heavy atom. The van der Waals surface area contributed by atoms with Crippen LogP contribution in [0, 0.1) is 5.82 Å². The van der Waals surface area contributed by atoms with Crippen molar-refractivity contribution in [2.75, 3.05) is 37.7 Å². The molecule has 0 aliphatic carbocycles. The van der Waals surface area contributed by atoms with E-state index in [0.29, 0.717) is 44.7 Å². The van der Waals surface area contributed by atoms with Gasteiger partial charge in [-0.05, 0) is 61.2 Å². The smallest absolute Gasteiger partial charge is 0.253 e. The molecule has 0 bridgehead atoms. The Bertz CT molecular complexity index is 1280. The molecule has 0 atom stereocenters. The molecule has 2 saturated heterocycles. The fourth-order valence-corrected chi connectivity index (χ4v) is 5.40. The Labute approximate surface area is 221 Å². The van der Waals surface area contributed by atoms with Gasteiger partial charge in [0, 0.05) is 30.9 Å². The summed E-state index contributed by atoms with van der Waals surface area (Å²) in [4.78, 5) is 45.0. The van der Waals surface area contributed by atoms with E-state index in [1.807, 2.05) is 60.7 Å². The highest BCUT2D eigenvalue weighted by Crippen LogP contribution is 2.39. The number of carbonyl (C=O) groups is 3. The molecule has 0 aromatic heterocycles. The summed E-state index contributed by atoms with van der Waals surface area (Å²) in [5.74, 6) is -0.846. The standard InChI is InChI=1S/C30H31FN4O3/c31-25-13-11-24(12-14-25)28(37)33-19-16-30(17-20-33)29(38)34(22-35(30)26-9-5-2-6-10-26)21-27(36)32-18-15-23-7-3-1-4-8-23/h1-14H,15-22H2,(H,32,36). The van der Waals surface area contributed by atoms with Crippen LogP contribution >= 0.6 is 0 Å². The van der Waals surface area contributed by atoms with Crippen molar-refractivity contribution in [1.29, 1.82) is 0 Å². The van der Waals surface area contributed by atoms with Crippen molar-refractivity contribution in [2.45, 2.75) is 24.8 Å². The first-order chi connectivity index (χ1) is 18.5. The van der Waals surface area contributed by atoms with Gasteiger partial charge < -0.3 is 20.0 Å². The second-order valence-corrected chi connectivity index (χ2v) is 9.82. The van der Waals surface area contributed by atoms with Crippen LogP contribution in [0.5, 0.6) is 0 Å². The lowest BCUT2D eigenvalue weighted by Gasteiger charge is -2.43. The van der Waals surface area contributed by atoms with E-state index in [9.17, 15) is 18.8 Å². The largest absolute Gasteiger partial charge is 0.354 e. The molecule has 2 aliphatic heterocycles. The number of benzene rings is 3. The van der Waals surface area contributed by atoms with Gasteiger partial charge in [-0.25, -0.2) is 4.39 Å². The third kappa shape index (κ3) is 5.25. The van der Waals surface area contributed by atoms with Gasteiger partial charge in [-0.15, -0.1) is 0 Å². The SMILES string of the molecule is O=C(CN1CN(c2ccccc2)C2(CCN(C(=O)c3ccc(F)cc3)CC2)C1=O)NCCc1ccccc1. The molecule has 1 N–H and O–H groups in total. The number of hydrogen-bond acceptors (Lipinski definition) is 4. The van der Waals surface area contributed by atoms with Crippen molar-refractivity contribution >= 4 is 23.4 Å². The first-order valence-electron chi connectivity index (χ1n) is 12.9. The van der Waals surface area contributed by atoms with Crippen molar-refractivity contribution in [3.63, 3.8) is 0 Å². The molecular weight excluding hydrogens is 483 g/mol. The molecular formula is C30H31FN4O3. The number of amides is 3. The van der Waals surface area contributed by atoms with Gasteiger partial charge in [0.2, 0.25) is 5.91 Å². The van der Waals surface area contributed by atoms with Gasteiger partial charge in [0.1, 0.15) is 17.9 Å². The number of halogens is 1. The molecule has 2 aliphatic rings. The number of hydrogen-bond donors (Lipinski definition) is 1. The molecule has 0 unspecified atom stereocenters. The monoisotopic (exact) mass is 514 g/mol. The van der Waals surface area contributed by atoms with Crippen LogP contribution in [0.2, 0.25) is 0 Å². The lowest BCUT2D eigenvalue weighted by molar-refractivity contribution is -0.137. The zero-order valence-corrected chi connectivity index (χ0v) is 21.2. The van der Waals surface area contributed by atoms with E-state index < -0.39 is 11.4 Å². The van der Waals surface area contributed by atoms with Crippen LogP contribution in [0.3, 0.4) is 0 Å². The number of nitrogens with zero attached hydrogens (tertiary/aromatic N) is 3. The van der Waals surface area contributed by atoms with E-state index in [2.05, 4.69) is 10.2 Å². The first-order valence-corrected chi connectivity index (χ1v) is 12.9. The quantitative estimate of drug-likeness (QED) is 0.524. The van der Waals surface area contributed by atoms with E-state index in [1.54, 1.807) is 9.80 Å². The zero-order valence-electron chi connectivity index (χ0n) is 21.2. The average Bonchev–Trinajstić information content (AvgIpc) is 3.20. The van der Waals surface area contributed by atoms with E-state index >= 15 is 0 Å². The van der Waals surface area contributed by atoms with Gasteiger partial charge in [0.25, 0.3) is 11.8 Å². The topological polar surface area (TPSA) is 73.0 Å². The molecule has 3 aromatic carbocycles. The van der Waals surface area contributed by atoms with Crippen molar-refractivity contribution < 1.29 is 18.8 Å². The molecule has 7 nitrogen and oxygen atoms in total.